The highest BCUT2D eigenvalue weighted by Gasteiger charge is 2.14. The quantitative estimate of drug-likeness (QED) is 0.475. The molecule has 1 N–H and O–H groups in total. The van der Waals surface area contributed by atoms with E-state index in [2.05, 4.69) is 26.8 Å². The van der Waals surface area contributed by atoms with E-state index >= 15 is 0 Å². The summed E-state index contributed by atoms with van der Waals surface area (Å²) in [6.45, 7) is 2.81. The number of anilines is 1. The molecule has 4 nitrogen and oxygen atoms in total. The fourth-order valence-corrected chi connectivity index (χ4v) is 4.29. The van der Waals surface area contributed by atoms with Gasteiger partial charge in [-0.1, -0.05) is 23.5 Å². The van der Waals surface area contributed by atoms with Gasteiger partial charge in [0.25, 0.3) is 0 Å². The van der Waals surface area contributed by atoms with Crippen LogP contribution in [0.25, 0.3) is 10.6 Å². The summed E-state index contributed by atoms with van der Waals surface area (Å²) in [5.41, 5.74) is 3.19. The van der Waals surface area contributed by atoms with Crippen LogP contribution < -0.4 is 5.32 Å². The number of hydrogen-bond acceptors (Lipinski definition) is 5. The third-order valence-corrected chi connectivity index (χ3v) is 5.93. The zero-order chi connectivity index (χ0) is 18.8. The lowest BCUT2D eigenvalue weighted by Gasteiger charge is -2.04. The summed E-state index contributed by atoms with van der Waals surface area (Å²) in [5.74, 6) is -1.67. The lowest BCUT2D eigenvalue weighted by atomic mass is 10.2. The van der Waals surface area contributed by atoms with Gasteiger partial charge in [0.2, 0.25) is 0 Å². The van der Waals surface area contributed by atoms with E-state index in [4.69, 9.17) is 0 Å². The molecule has 0 bridgehead atoms. The molecule has 0 atom stereocenters. The minimum absolute atomic E-state index is 0.169. The van der Waals surface area contributed by atoms with Crippen LogP contribution in [-0.4, -0.2) is 14.8 Å². The number of aryl methyl sites for hydroxylation is 1. The zero-order valence-corrected chi connectivity index (χ0v) is 16.1. The van der Waals surface area contributed by atoms with Crippen molar-refractivity contribution in [2.24, 2.45) is 0 Å². The summed E-state index contributed by atoms with van der Waals surface area (Å²) in [6, 6.07) is 8.20. The van der Waals surface area contributed by atoms with Gasteiger partial charge in [-0.05, 0) is 41.4 Å². The maximum absolute atomic E-state index is 13.8. The molecular weight excluding hydrogens is 386 g/mol. The predicted octanol–water partition coefficient (Wildman–Crippen LogP) is 5.32. The molecule has 1 aromatic carbocycles. The number of aromatic nitrogens is 3. The van der Waals surface area contributed by atoms with Gasteiger partial charge in [-0.2, -0.15) is 16.4 Å². The van der Waals surface area contributed by atoms with Crippen molar-refractivity contribution in [3.05, 3.63) is 75.7 Å². The molecule has 4 rings (SSSR count). The van der Waals surface area contributed by atoms with Crippen molar-refractivity contribution in [2.75, 3.05) is 5.32 Å². The fourth-order valence-electron chi connectivity index (χ4n) is 2.71. The van der Waals surface area contributed by atoms with Gasteiger partial charge < -0.3 is 5.32 Å². The molecule has 0 spiro atoms. The Hall–Kier alpha value is -2.58. The Morgan fingerprint density at radius 3 is 2.89 bits per heavy atom. The zero-order valence-electron chi connectivity index (χ0n) is 14.4. The molecule has 0 unspecified atom stereocenters. The monoisotopic (exact) mass is 402 g/mol. The van der Waals surface area contributed by atoms with E-state index in [9.17, 15) is 8.78 Å². The Labute approximate surface area is 163 Å². The summed E-state index contributed by atoms with van der Waals surface area (Å²) in [7, 11) is 0. The number of thiophene rings is 1. The predicted molar refractivity (Wildman–Crippen MR) is 105 cm³/mol. The highest BCUT2D eigenvalue weighted by Crippen LogP contribution is 2.32. The Kier molecular flexibility index (Phi) is 5.00. The van der Waals surface area contributed by atoms with Crippen LogP contribution in [0.15, 0.2) is 47.3 Å². The molecule has 27 heavy (non-hydrogen) atoms. The molecule has 0 radical (unpaired) electrons. The van der Waals surface area contributed by atoms with Gasteiger partial charge in [0.05, 0.1) is 17.1 Å². The average molecular weight is 402 g/mol. The van der Waals surface area contributed by atoms with Crippen molar-refractivity contribution in [3.8, 4) is 10.6 Å². The summed E-state index contributed by atoms with van der Waals surface area (Å²) < 4.78 is 29.0. The standard InChI is InChI=1S/C19H16F2N4S2/c1-12-18(16-5-7-25(24-16)10-13-6-8-26-11-13)27-19(23-12)22-9-14-3-2-4-15(20)17(14)21/h2-8,11H,9-10H2,1H3,(H,22,23). The van der Waals surface area contributed by atoms with Gasteiger partial charge in [-0.25, -0.2) is 13.8 Å². The van der Waals surface area contributed by atoms with Crippen LogP contribution in [0.1, 0.15) is 16.8 Å². The van der Waals surface area contributed by atoms with Crippen molar-refractivity contribution < 1.29 is 8.78 Å². The average Bonchev–Trinajstić information content (AvgIpc) is 3.38. The summed E-state index contributed by atoms with van der Waals surface area (Å²) >= 11 is 3.12. The van der Waals surface area contributed by atoms with Gasteiger partial charge in [0.15, 0.2) is 16.8 Å². The van der Waals surface area contributed by atoms with E-state index in [0.717, 1.165) is 28.9 Å². The first-order valence-electron chi connectivity index (χ1n) is 8.29. The van der Waals surface area contributed by atoms with Crippen molar-refractivity contribution in [1.82, 2.24) is 14.8 Å². The van der Waals surface area contributed by atoms with E-state index < -0.39 is 11.6 Å². The highest BCUT2D eigenvalue weighted by atomic mass is 32.1. The second kappa shape index (κ2) is 7.58. The number of benzene rings is 1. The molecule has 0 fully saturated rings. The van der Waals surface area contributed by atoms with Crippen LogP contribution in [-0.2, 0) is 13.1 Å². The van der Waals surface area contributed by atoms with Gasteiger partial charge in [0.1, 0.15) is 5.69 Å². The molecule has 0 amide bonds. The van der Waals surface area contributed by atoms with Crippen molar-refractivity contribution in [2.45, 2.75) is 20.0 Å². The molecule has 0 saturated heterocycles. The van der Waals surface area contributed by atoms with Crippen molar-refractivity contribution in [3.63, 3.8) is 0 Å². The molecular formula is C19H16F2N4S2. The molecule has 0 aliphatic carbocycles. The lowest BCUT2D eigenvalue weighted by Crippen LogP contribution is -2.02. The second-order valence-corrected chi connectivity index (χ2v) is 7.81. The van der Waals surface area contributed by atoms with E-state index in [1.807, 2.05) is 29.2 Å². The van der Waals surface area contributed by atoms with Gasteiger partial charge >= 0.3 is 0 Å². The van der Waals surface area contributed by atoms with Crippen molar-refractivity contribution in [1.29, 1.82) is 0 Å². The lowest BCUT2D eigenvalue weighted by molar-refractivity contribution is 0.500. The smallest absolute Gasteiger partial charge is 0.183 e. The maximum Gasteiger partial charge on any atom is 0.183 e. The number of hydrogen-bond donors (Lipinski definition) is 1. The Morgan fingerprint density at radius 2 is 2.07 bits per heavy atom. The third-order valence-electron chi connectivity index (χ3n) is 4.06. The molecule has 0 aliphatic heterocycles. The van der Waals surface area contributed by atoms with E-state index in [0.29, 0.717) is 5.13 Å². The number of rotatable bonds is 6. The SMILES string of the molecule is Cc1nc(NCc2cccc(F)c2F)sc1-c1ccn(Cc2ccsc2)n1. The Morgan fingerprint density at radius 1 is 1.19 bits per heavy atom. The van der Waals surface area contributed by atoms with Crippen LogP contribution in [0.4, 0.5) is 13.9 Å². The van der Waals surface area contributed by atoms with E-state index in [-0.39, 0.29) is 12.1 Å². The second-order valence-electron chi connectivity index (χ2n) is 6.03. The van der Waals surface area contributed by atoms with Crippen LogP contribution in [0.5, 0.6) is 0 Å². The largest absolute Gasteiger partial charge is 0.357 e. The van der Waals surface area contributed by atoms with Crippen LogP contribution in [0.3, 0.4) is 0 Å². The topological polar surface area (TPSA) is 42.7 Å². The summed E-state index contributed by atoms with van der Waals surface area (Å²) in [4.78, 5) is 5.44. The first kappa shape index (κ1) is 17.8. The molecule has 4 aromatic rings. The first-order valence-corrected chi connectivity index (χ1v) is 10.0. The highest BCUT2D eigenvalue weighted by molar-refractivity contribution is 7.19. The van der Waals surface area contributed by atoms with Crippen LogP contribution in [0.2, 0.25) is 0 Å². The summed E-state index contributed by atoms with van der Waals surface area (Å²) in [6.07, 6.45) is 1.95. The summed E-state index contributed by atoms with van der Waals surface area (Å²) in [5, 5.41) is 12.5. The molecule has 0 saturated carbocycles. The third kappa shape index (κ3) is 3.91. The van der Waals surface area contributed by atoms with Gasteiger partial charge in [-0.3, -0.25) is 4.68 Å². The normalized spacial score (nSPS) is 11.1. The van der Waals surface area contributed by atoms with Crippen LogP contribution in [0, 0.1) is 18.6 Å². The minimum atomic E-state index is -0.846. The number of halogens is 2. The Bertz CT molecular complexity index is 1050. The molecule has 0 aliphatic rings. The van der Waals surface area contributed by atoms with Crippen LogP contribution >= 0.6 is 22.7 Å². The first-order chi connectivity index (χ1) is 13.1. The van der Waals surface area contributed by atoms with Gasteiger partial charge in [0, 0.05) is 18.3 Å². The van der Waals surface area contributed by atoms with Crippen molar-refractivity contribution >= 4 is 27.8 Å². The fraction of sp³-hybridized carbons (Fsp3) is 0.158. The molecule has 138 valence electrons. The number of nitrogens with zero attached hydrogens (tertiary/aromatic N) is 3. The number of thiazole rings is 1. The molecule has 3 aromatic heterocycles. The van der Waals surface area contributed by atoms with E-state index in [1.54, 1.807) is 17.4 Å². The van der Waals surface area contributed by atoms with E-state index in [1.165, 1.54) is 23.0 Å². The minimum Gasteiger partial charge on any atom is -0.357 e. The van der Waals surface area contributed by atoms with Gasteiger partial charge in [-0.15, -0.1) is 0 Å². The number of nitrogens with one attached hydrogen (secondary N) is 1. The maximum atomic E-state index is 13.8. The molecule has 8 heteroatoms. The Balaban J connectivity index is 1.48. The molecule has 3 heterocycles.